The molecule has 0 spiro atoms. The number of ether oxygens (including phenoxy) is 1. The van der Waals surface area contributed by atoms with Crippen LogP contribution in [0.25, 0.3) is 0 Å². The molecule has 0 saturated heterocycles. The van der Waals surface area contributed by atoms with Crippen molar-refractivity contribution >= 4 is 5.91 Å². The van der Waals surface area contributed by atoms with E-state index in [1.54, 1.807) is 11.1 Å². The van der Waals surface area contributed by atoms with Crippen molar-refractivity contribution in [3.8, 4) is 5.88 Å². The number of imidazole rings is 1. The molecule has 1 aliphatic heterocycles. The maximum Gasteiger partial charge on any atom is 0.293 e. The van der Waals surface area contributed by atoms with Gasteiger partial charge in [-0.05, 0) is 26.1 Å². The zero-order chi connectivity index (χ0) is 18.0. The highest BCUT2D eigenvalue weighted by molar-refractivity contribution is 5.91. The summed E-state index contributed by atoms with van der Waals surface area (Å²) in [5, 5.41) is 3.73. The average Bonchev–Trinajstić information content (AvgIpc) is 3.20. The van der Waals surface area contributed by atoms with Crippen molar-refractivity contribution in [2.75, 3.05) is 27.2 Å². The quantitative estimate of drug-likeness (QED) is 0.816. The van der Waals surface area contributed by atoms with Crippen LogP contribution >= 0.6 is 0 Å². The van der Waals surface area contributed by atoms with E-state index in [0.29, 0.717) is 30.9 Å². The van der Waals surface area contributed by atoms with Gasteiger partial charge in [0, 0.05) is 44.0 Å². The molecule has 3 rings (SSSR count). The van der Waals surface area contributed by atoms with Crippen LogP contribution in [0.2, 0.25) is 0 Å². The minimum atomic E-state index is -0.190. The predicted octanol–water partition coefficient (Wildman–Crippen LogP) is 1.49. The molecule has 136 valence electrons. The van der Waals surface area contributed by atoms with E-state index in [9.17, 15) is 4.79 Å². The number of hydrogen-bond acceptors (Lipinski definition) is 6. The lowest BCUT2D eigenvalue weighted by atomic mass is 10.1. The van der Waals surface area contributed by atoms with Gasteiger partial charge in [0.25, 0.3) is 11.8 Å². The van der Waals surface area contributed by atoms with Crippen molar-refractivity contribution in [1.29, 1.82) is 0 Å². The van der Waals surface area contributed by atoms with E-state index in [4.69, 9.17) is 9.26 Å². The first-order chi connectivity index (χ1) is 12.0. The van der Waals surface area contributed by atoms with Gasteiger partial charge in [-0.25, -0.2) is 4.98 Å². The second-order valence-electron chi connectivity index (χ2n) is 6.81. The molecular formula is C17H25N5O3. The minimum Gasteiger partial charge on any atom is -0.479 e. The Morgan fingerprint density at radius 1 is 1.48 bits per heavy atom. The van der Waals surface area contributed by atoms with Gasteiger partial charge in [0.05, 0.1) is 19.7 Å². The van der Waals surface area contributed by atoms with Gasteiger partial charge in [-0.15, -0.1) is 0 Å². The summed E-state index contributed by atoms with van der Waals surface area (Å²) in [4.78, 5) is 21.3. The van der Waals surface area contributed by atoms with Gasteiger partial charge in [-0.3, -0.25) is 4.79 Å². The summed E-state index contributed by atoms with van der Waals surface area (Å²) in [6.45, 7) is 7.18. The van der Waals surface area contributed by atoms with Crippen LogP contribution in [0.5, 0.6) is 5.88 Å². The van der Waals surface area contributed by atoms with Crippen molar-refractivity contribution in [1.82, 2.24) is 24.5 Å². The van der Waals surface area contributed by atoms with Gasteiger partial charge >= 0.3 is 0 Å². The summed E-state index contributed by atoms with van der Waals surface area (Å²) in [5.74, 6) is 1.49. The summed E-state index contributed by atoms with van der Waals surface area (Å²) < 4.78 is 12.3. The third kappa shape index (κ3) is 3.84. The fourth-order valence-electron chi connectivity index (χ4n) is 3.04. The molecule has 1 atom stereocenters. The largest absolute Gasteiger partial charge is 0.479 e. The average molecular weight is 347 g/mol. The molecule has 25 heavy (non-hydrogen) atoms. The second-order valence-corrected chi connectivity index (χ2v) is 6.81. The Kier molecular flexibility index (Phi) is 5.08. The molecule has 0 bridgehead atoms. The standard InChI is InChI=1S/C17H25N5O3/c1-12(2)20(3)8-13-9-21-6-5-18-15(21)11-22(10-13)17(23)14-7-16(24-4)19-25-14/h5-7,12-13H,8-11H2,1-4H3. The third-order valence-electron chi connectivity index (χ3n) is 4.69. The smallest absolute Gasteiger partial charge is 0.293 e. The fraction of sp³-hybridized carbons (Fsp3) is 0.588. The van der Waals surface area contributed by atoms with E-state index < -0.39 is 0 Å². The molecule has 3 heterocycles. The van der Waals surface area contributed by atoms with Crippen molar-refractivity contribution in [2.24, 2.45) is 5.92 Å². The van der Waals surface area contributed by atoms with E-state index in [0.717, 1.165) is 18.9 Å². The zero-order valence-electron chi connectivity index (χ0n) is 15.2. The van der Waals surface area contributed by atoms with Gasteiger partial charge in [0.15, 0.2) is 0 Å². The molecule has 0 aromatic carbocycles. The van der Waals surface area contributed by atoms with Crippen LogP contribution < -0.4 is 4.74 Å². The monoisotopic (exact) mass is 347 g/mol. The van der Waals surface area contributed by atoms with Crippen LogP contribution in [0.3, 0.4) is 0 Å². The van der Waals surface area contributed by atoms with Gasteiger partial charge < -0.3 is 23.6 Å². The normalized spacial score (nSPS) is 17.7. The Balaban J connectivity index is 1.81. The van der Waals surface area contributed by atoms with E-state index in [-0.39, 0.29) is 11.7 Å². The van der Waals surface area contributed by atoms with Crippen LogP contribution in [0.4, 0.5) is 0 Å². The number of rotatable bonds is 5. The van der Waals surface area contributed by atoms with Gasteiger partial charge in [0.1, 0.15) is 5.82 Å². The van der Waals surface area contributed by atoms with Gasteiger partial charge in [-0.1, -0.05) is 0 Å². The number of amides is 1. The number of carbonyl (C=O) groups is 1. The first kappa shape index (κ1) is 17.5. The zero-order valence-corrected chi connectivity index (χ0v) is 15.2. The van der Waals surface area contributed by atoms with Crippen molar-refractivity contribution in [2.45, 2.75) is 33.0 Å². The minimum absolute atomic E-state index is 0.188. The van der Waals surface area contributed by atoms with Crippen molar-refractivity contribution in [3.63, 3.8) is 0 Å². The molecule has 0 fully saturated rings. The Labute approximate surface area is 147 Å². The summed E-state index contributed by atoms with van der Waals surface area (Å²) in [7, 11) is 3.60. The number of carbonyl (C=O) groups excluding carboxylic acids is 1. The molecule has 1 unspecified atom stereocenters. The SMILES string of the molecule is COc1cc(C(=O)N2Cc3nccn3CC(CN(C)C(C)C)C2)on1. The first-order valence-corrected chi connectivity index (χ1v) is 8.48. The van der Waals surface area contributed by atoms with Gasteiger partial charge in [-0.2, -0.15) is 0 Å². The molecule has 2 aromatic rings. The summed E-state index contributed by atoms with van der Waals surface area (Å²) in [6, 6.07) is 1.97. The first-order valence-electron chi connectivity index (χ1n) is 8.48. The molecule has 0 radical (unpaired) electrons. The second kappa shape index (κ2) is 7.26. The van der Waals surface area contributed by atoms with E-state index in [1.165, 1.54) is 13.2 Å². The molecule has 8 nitrogen and oxygen atoms in total. The molecule has 2 aromatic heterocycles. The van der Waals surface area contributed by atoms with Crippen LogP contribution in [0.15, 0.2) is 23.0 Å². The number of nitrogens with zero attached hydrogens (tertiary/aromatic N) is 5. The van der Waals surface area contributed by atoms with E-state index in [1.807, 2.05) is 6.20 Å². The predicted molar refractivity (Wildman–Crippen MR) is 91.3 cm³/mol. The maximum absolute atomic E-state index is 12.9. The molecule has 8 heteroatoms. The summed E-state index contributed by atoms with van der Waals surface area (Å²) >= 11 is 0. The summed E-state index contributed by atoms with van der Waals surface area (Å²) in [5.41, 5.74) is 0. The van der Waals surface area contributed by atoms with Gasteiger partial charge in [0.2, 0.25) is 5.76 Å². The Morgan fingerprint density at radius 3 is 2.96 bits per heavy atom. The third-order valence-corrected chi connectivity index (χ3v) is 4.69. The lowest BCUT2D eigenvalue weighted by Gasteiger charge is -2.29. The van der Waals surface area contributed by atoms with E-state index in [2.05, 4.69) is 40.5 Å². The molecule has 1 aliphatic rings. The van der Waals surface area contributed by atoms with Crippen LogP contribution in [-0.4, -0.2) is 63.7 Å². The van der Waals surface area contributed by atoms with Crippen molar-refractivity contribution in [3.05, 3.63) is 30.0 Å². The lowest BCUT2D eigenvalue weighted by molar-refractivity contribution is 0.0660. The number of fused-ring (bicyclic) bond motifs is 1. The molecule has 0 saturated carbocycles. The molecule has 0 aliphatic carbocycles. The number of aromatic nitrogens is 3. The molecular weight excluding hydrogens is 322 g/mol. The number of methoxy groups -OCH3 is 1. The van der Waals surface area contributed by atoms with Crippen molar-refractivity contribution < 1.29 is 14.1 Å². The van der Waals surface area contributed by atoms with Crippen LogP contribution in [0.1, 0.15) is 30.2 Å². The van der Waals surface area contributed by atoms with Crippen LogP contribution in [0, 0.1) is 5.92 Å². The Hall–Kier alpha value is -2.35. The lowest BCUT2D eigenvalue weighted by Crippen LogP contribution is -2.39. The topological polar surface area (TPSA) is 76.6 Å². The highest BCUT2D eigenvalue weighted by Crippen LogP contribution is 2.20. The Morgan fingerprint density at radius 2 is 2.28 bits per heavy atom. The maximum atomic E-state index is 12.9. The highest BCUT2D eigenvalue weighted by Gasteiger charge is 2.29. The van der Waals surface area contributed by atoms with E-state index >= 15 is 0 Å². The molecule has 1 amide bonds. The fourth-order valence-corrected chi connectivity index (χ4v) is 3.04. The highest BCUT2D eigenvalue weighted by atomic mass is 16.5. The Bertz CT molecular complexity index is 723. The summed E-state index contributed by atoms with van der Waals surface area (Å²) in [6.07, 6.45) is 3.76. The number of hydrogen-bond donors (Lipinski definition) is 0. The molecule has 0 N–H and O–H groups in total. The van der Waals surface area contributed by atoms with Crippen LogP contribution in [-0.2, 0) is 13.1 Å².